The van der Waals surface area contributed by atoms with Crippen LogP contribution in [0.2, 0.25) is 5.02 Å². The van der Waals surface area contributed by atoms with E-state index in [1.54, 1.807) is 31.4 Å². The van der Waals surface area contributed by atoms with Crippen LogP contribution in [0.15, 0.2) is 72.8 Å². The second-order valence-corrected chi connectivity index (χ2v) is 6.13. The lowest BCUT2D eigenvalue weighted by molar-refractivity contribution is -0.118. The van der Waals surface area contributed by atoms with Gasteiger partial charge in [0.05, 0.1) is 12.8 Å². The van der Waals surface area contributed by atoms with E-state index in [0.29, 0.717) is 16.5 Å². The highest BCUT2D eigenvalue weighted by Crippen LogP contribution is 2.27. The van der Waals surface area contributed by atoms with Gasteiger partial charge in [0, 0.05) is 16.4 Å². The number of methoxy groups -OCH3 is 1. The molecule has 3 aromatic rings. The molecule has 6 heteroatoms. The van der Waals surface area contributed by atoms with Gasteiger partial charge >= 0.3 is 0 Å². The van der Waals surface area contributed by atoms with E-state index in [4.69, 9.17) is 21.1 Å². The summed E-state index contributed by atoms with van der Waals surface area (Å²) < 4.78 is 10.7. The van der Waals surface area contributed by atoms with E-state index >= 15 is 0 Å². The van der Waals surface area contributed by atoms with Crippen LogP contribution in [0.4, 0.5) is 17.1 Å². The van der Waals surface area contributed by atoms with Gasteiger partial charge in [0.25, 0.3) is 5.91 Å². The standard InChI is InChI=1S/C21H19ClN2O3/c1-26-20-5-3-2-4-19(20)23-16-8-10-17(11-9-16)24-21(25)14-27-18-12-6-15(22)7-13-18/h2-13,23H,14H2,1H3,(H,24,25). The van der Waals surface area contributed by atoms with E-state index in [0.717, 1.165) is 17.1 Å². The van der Waals surface area contributed by atoms with Crippen molar-refractivity contribution in [1.82, 2.24) is 0 Å². The maximum Gasteiger partial charge on any atom is 0.262 e. The van der Waals surface area contributed by atoms with Gasteiger partial charge in [-0.25, -0.2) is 0 Å². The molecule has 0 spiro atoms. The van der Waals surface area contributed by atoms with Crippen molar-refractivity contribution in [1.29, 1.82) is 0 Å². The summed E-state index contributed by atoms with van der Waals surface area (Å²) >= 11 is 5.82. The third-order valence-electron chi connectivity index (χ3n) is 3.74. The van der Waals surface area contributed by atoms with Gasteiger partial charge in [-0.1, -0.05) is 23.7 Å². The molecule has 0 atom stereocenters. The molecule has 3 aromatic carbocycles. The largest absolute Gasteiger partial charge is 0.495 e. The summed E-state index contributed by atoms with van der Waals surface area (Å²) in [5.74, 6) is 1.11. The normalized spacial score (nSPS) is 10.1. The summed E-state index contributed by atoms with van der Waals surface area (Å²) in [5, 5.41) is 6.70. The second-order valence-electron chi connectivity index (χ2n) is 5.69. The SMILES string of the molecule is COc1ccccc1Nc1ccc(NC(=O)COc2ccc(Cl)cc2)cc1. The molecule has 27 heavy (non-hydrogen) atoms. The molecule has 0 aliphatic carbocycles. The van der Waals surface area contributed by atoms with Gasteiger partial charge in [-0.05, 0) is 60.7 Å². The number of amides is 1. The fourth-order valence-electron chi connectivity index (χ4n) is 2.42. The Morgan fingerprint density at radius 3 is 2.30 bits per heavy atom. The highest BCUT2D eigenvalue weighted by molar-refractivity contribution is 6.30. The molecule has 0 bridgehead atoms. The van der Waals surface area contributed by atoms with Crippen LogP contribution < -0.4 is 20.1 Å². The molecule has 0 radical (unpaired) electrons. The molecule has 3 rings (SSSR count). The number of ether oxygens (including phenoxy) is 2. The van der Waals surface area contributed by atoms with Crippen LogP contribution in [0.3, 0.4) is 0 Å². The van der Waals surface area contributed by atoms with Crippen molar-refractivity contribution in [3.63, 3.8) is 0 Å². The van der Waals surface area contributed by atoms with E-state index < -0.39 is 0 Å². The first-order valence-electron chi connectivity index (χ1n) is 8.32. The molecule has 0 aromatic heterocycles. The lowest BCUT2D eigenvalue weighted by atomic mass is 10.2. The average Bonchev–Trinajstić information content (AvgIpc) is 2.69. The number of hydrogen-bond donors (Lipinski definition) is 2. The van der Waals surface area contributed by atoms with Crippen molar-refractivity contribution in [3.05, 3.63) is 77.8 Å². The summed E-state index contributed by atoms with van der Waals surface area (Å²) in [5.41, 5.74) is 2.44. The first kappa shape index (κ1) is 18.6. The van der Waals surface area contributed by atoms with Gasteiger partial charge in [-0.2, -0.15) is 0 Å². The van der Waals surface area contributed by atoms with Crippen LogP contribution >= 0.6 is 11.6 Å². The van der Waals surface area contributed by atoms with Gasteiger partial charge in [0.15, 0.2) is 6.61 Å². The van der Waals surface area contributed by atoms with Crippen molar-refractivity contribution < 1.29 is 14.3 Å². The summed E-state index contributed by atoms with van der Waals surface area (Å²) in [6, 6.07) is 21.9. The Balaban J connectivity index is 1.54. The van der Waals surface area contributed by atoms with Crippen molar-refractivity contribution in [2.24, 2.45) is 0 Å². The Labute approximate surface area is 162 Å². The van der Waals surface area contributed by atoms with Gasteiger partial charge in [-0.3, -0.25) is 4.79 Å². The second kappa shape index (κ2) is 8.96. The Hall–Kier alpha value is -3.18. The highest BCUT2D eigenvalue weighted by Gasteiger charge is 2.05. The maximum absolute atomic E-state index is 12.0. The molecule has 0 aliphatic heterocycles. The van der Waals surface area contributed by atoms with Gasteiger partial charge < -0.3 is 20.1 Å². The van der Waals surface area contributed by atoms with Gasteiger partial charge in [-0.15, -0.1) is 0 Å². The Bertz CT molecular complexity index is 896. The molecule has 0 unspecified atom stereocenters. The number of carbonyl (C=O) groups is 1. The van der Waals surface area contributed by atoms with E-state index in [2.05, 4.69) is 10.6 Å². The van der Waals surface area contributed by atoms with E-state index in [-0.39, 0.29) is 12.5 Å². The third-order valence-corrected chi connectivity index (χ3v) is 3.99. The molecule has 0 heterocycles. The molecule has 138 valence electrons. The monoisotopic (exact) mass is 382 g/mol. The minimum atomic E-state index is -0.240. The predicted molar refractivity (Wildman–Crippen MR) is 108 cm³/mol. The number of para-hydroxylation sites is 2. The zero-order valence-corrected chi connectivity index (χ0v) is 15.5. The van der Waals surface area contributed by atoms with Crippen LogP contribution in [-0.2, 0) is 4.79 Å². The van der Waals surface area contributed by atoms with Crippen LogP contribution in [0.1, 0.15) is 0 Å². The maximum atomic E-state index is 12.0. The lowest BCUT2D eigenvalue weighted by Crippen LogP contribution is -2.20. The lowest BCUT2D eigenvalue weighted by Gasteiger charge is -2.12. The number of nitrogens with one attached hydrogen (secondary N) is 2. The molecular weight excluding hydrogens is 364 g/mol. The Morgan fingerprint density at radius 1 is 0.926 bits per heavy atom. The molecule has 5 nitrogen and oxygen atoms in total. The number of halogens is 1. The van der Waals surface area contributed by atoms with E-state index in [1.165, 1.54) is 0 Å². The van der Waals surface area contributed by atoms with Crippen molar-refractivity contribution in [3.8, 4) is 11.5 Å². The number of rotatable bonds is 7. The summed E-state index contributed by atoms with van der Waals surface area (Å²) in [7, 11) is 1.63. The number of anilines is 3. The first-order chi connectivity index (χ1) is 13.1. The minimum absolute atomic E-state index is 0.0805. The zero-order valence-electron chi connectivity index (χ0n) is 14.7. The smallest absolute Gasteiger partial charge is 0.262 e. The molecule has 0 saturated carbocycles. The summed E-state index contributed by atoms with van der Waals surface area (Å²) in [6.07, 6.45) is 0. The molecular formula is C21H19ClN2O3. The molecule has 0 aliphatic rings. The number of carbonyl (C=O) groups excluding carboxylic acids is 1. The number of benzene rings is 3. The quantitative estimate of drug-likeness (QED) is 0.596. The van der Waals surface area contributed by atoms with Crippen LogP contribution in [0.5, 0.6) is 11.5 Å². The summed E-state index contributed by atoms with van der Waals surface area (Å²) in [4.78, 5) is 12.0. The van der Waals surface area contributed by atoms with Crippen molar-refractivity contribution in [2.75, 3.05) is 24.4 Å². The average molecular weight is 383 g/mol. The van der Waals surface area contributed by atoms with Gasteiger partial charge in [0.1, 0.15) is 11.5 Å². The van der Waals surface area contributed by atoms with Crippen molar-refractivity contribution in [2.45, 2.75) is 0 Å². The number of hydrogen-bond acceptors (Lipinski definition) is 4. The Kier molecular flexibility index (Phi) is 6.18. The fourth-order valence-corrected chi connectivity index (χ4v) is 2.54. The van der Waals surface area contributed by atoms with Crippen LogP contribution in [-0.4, -0.2) is 19.6 Å². The third kappa shape index (κ3) is 5.39. The van der Waals surface area contributed by atoms with Crippen molar-refractivity contribution >= 4 is 34.6 Å². The first-order valence-corrected chi connectivity index (χ1v) is 8.70. The van der Waals surface area contributed by atoms with E-state index in [9.17, 15) is 4.79 Å². The molecule has 0 fully saturated rings. The van der Waals surface area contributed by atoms with Crippen LogP contribution in [0, 0.1) is 0 Å². The summed E-state index contributed by atoms with van der Waals surface area (Å²) in [6.45, 7) is -0.0805. The van der Waals surface area contributed by atoms with Crippen LogP contribution in [0.25, 0.3) is 0 Å². The minimum Gasteiger partial charge on any atom is -0.495 e. The fraction of sp³-hybridized carbons (Fsp3) is 0.0952. The predicted octanol–water partition coefficient (Wildman–Crippen LogP) is 5.11. The molecule has 2 N–H and O–H groups in total. The zero-order chi connectivity index (χ0) is 19.1. The molecule has 0 saturated heterocycles. The Morgan fingerprint density at radius 2 is 1.59 bits per heavy atom. The topological polar surface area (TPSA) is 59.6 Å². The van der Waals surface area contributed by atoms with E-state index in [1.807, 2.05) is 48.5 Å². The highest BCUT2D eigenvalue weighted by atomic mass is 35.5. The van der Waals surface area contributed by atoms with Gasteiger partial charge in [0.2, 0.25) is 0 Å². The molecule has 1 amide bonds.